The monoisotopic (exact) mass is 174 g/mol. The molecule has 0 aliphatic carbocycles. The number of Topliss-reactive ketones (excluding diaryl/α,β-unsaturated/α-hetero) is 1. The second-order valence-electron chi connectivity index (χ2n) is 3.26. The van der Waals surface area contributed by atoms with E-state index in [0.717, 1.165) is 0 Å². The average Bonchev–Trinajstić information content (AvgIpc) is 2.12. The van der Waals surface area contributed by atoms with Crippen molar-refractivity contribution in [2.75, 3.05) is 6.61 Å². The molecule has 0 rings (SSSR count). The van der Waals surface area contributed by atoms with E-state index in [1.807, 2.05) is 0 Å². The van der Waals surface area contributed by atoms with Crippen molar-refractivity contribution in [3.63, 3.8) is 0 Å². The number of rotatable bonds is 5. The number of ketones is 1. The van der Waals surface area contributed by atoms with Crippen molar-refractivity contribution in [1.29, 1.82) is 0 Å². The molecule has 0 saturated carbocycles. The van der Waals surface area contributed by atoms with E-state index in [1.54, 1.807) is 20.8 Å². The molecule has 0 spiro atoms. The Labute approximate surface area is 73.4 Å². The zero-order valence-electron chi connectivity index (χ0n) is 7.95. The first-order valence-corrected chi connectivity index (χ1v) is 4.36. The first-order chi connectivity index (χ1) is 5.54. The van der Waals surface area contributed by atoms with Crippen LogP contribution in [0.5, 0.6) is 0 Å². The molecule has 0 saturated heterocycles. The molecule has 0 aliphatic heterocycles. The predicted molar refractivity (Wildman–Crippen MR) is 46.7 cm³/mol. The van der Waals surface area contributed by atoms with Crippen LogP contribution < -0.4 is 0 Å². The van der Waals surface area contributed by atoms with Crippen molar-refractivity contribution >= 4 is 5.78 Å². The van der Waals surface area contributed by atoms with Crippen molar-refractivity contribution < 1.29 is 15.0 Å². The minimum absolute atomic E-state index is 0.0443. The van der Waals surface area contributed by atoms with Crippen LogP contribution in [0.2, 0.25) is 0 Å². The fourth-order valence-electron chi connectivity index (χ4n) is 1.11. The highest BCUT2D eigenvalue weighted by Crippen LogP contribution is 2.14. The van der Waals surface area contributed by atoms with Gasteiger partial charge in [0.2, 0.25) is 0 Å². The minimum atomic E-state index is -0.720. The van der Waals surface area contributed by atoms with Gasteiger partial charge in [0.25, 0.3) is 0 Å². The summed E-state index contributed by atoms with van der Waals surface area (Å²) in [6.45, 7) is 5.12. The molecule has 0 heterocycles. The predicted octanol–water partition coefficient (Wildman–Crippen LogP) is 0.591. The van der Waals surface area contributed by atoms with E-state index < -0.39 is 6.10 Å². The van der Waals surface area contributed by atoms with Gasteiger partial charge in [-0.1, -0.05) is 20.8 Å². The summed E-state index contributed by atoms with van der Waals surface area (Å²) in [6.07, 6.45) is -0.279. The van der Waals surface area contributed by atoms with Crippen LogP contribution in [0.4, 0.5) is 0 Å². The SMILES string of the molecule is CCC(=O)[C@@H](C)[C@H](O)C(C)CO. The molecule has 0 radical (unpaired) electrons. The summed E-state index contributed by atoms with van der Waals surface area (Å²) in [5.41, 5.74) is 0. The second kappa shape index (κ2) is 5.27. The van der Waals surface area contributed by atoms with Gasteiger partial charge in [0.05, 0.1) is 6.10 Å². The largest absolute Gasteiger partial charge is 0.396 e. The maximum Gasteiger partial charge on any atom is 0.138 e. The molecule has 3 heteroatoms. The molecule has 72 valence electrons. The van der Waals surface area contributed by atoms with Crippen molar-refractivity contribution in [1.82, 2.24) is 0 Å². The summed E-state index contributed by atoms with van der Waals surface area (Å²) in [5.74, 6) is -0.546. The third kappa shape index (κ3) is 2.91. The van der Waals surface area contributed by atoms with Gasteiger partial charge in [0, 0.05) is 24.9 Å². The van der Waals surface area contributed by atoms with Gasteiger partial charge in [0.1, 0.15) is 5.78 Å². The fraction of sp³-hybridized carbons (Fsp3) is 0.889. The molecule has 3 nitrogen and oxygen atoms in total. The average molecular weight is 174 g/mol. The van der Waals surface area contributed by atoms with Crippen molar-refractivity contribution in [3.05, 3.63) is 0 Å². The van der Waals surface area contributed by atoms with E-state index in [-0.39, 0.29) is 24.2 Å². The Balaban J connectivity index is 4.08. The molecule has 12 heavy (non-hydrogen) atoms. The van der Waals surface area contributed by atoms with E-state index in [0.29, 0.717) is 6.42 Å². The van der Waals surface area contributed by atoms with E-state index in [9.17, 15) is 9.90 Å². The van der Waals surface area contributed by atoms with E-state index in [1.165, 1.54) is 0 Å². The van der Waals surface area contributed by atoms with Crippen LogP contribution in [0.1, 0.15) is 27.2 Å². The third-order valence-electron chi connectivity index (χ3n) is 2.24. The maximum absolute atomic E-state index is 11.1. The Morgan fingerprint density at radius 3 is 2.25 bits per heavy atom. The highest BCUT2D eigenvalue weighted by Gasteiger charge is 2.24. The molecule has 0 fully saturated rings. The molecule has 0 amide bonds. The number of aliphatic hydroxyl groups excluding tert-OH is 2. The molecule has 0 aromatic rings. The fourth-order valence-corrected chi connectivity index (χ4v) is 1.11. The van der Waals surface area contributed by atoms with Gasteiger partial charge >= 0.3 is 0 Å². The minimum Gasteiger partial charge on any atom is -0.396 e. The number of hydrogen-bond acceptors (Lipinski definition) is 3. The molecule has 0 aromatic heterocycles. The Hall–Kier alpha value is -0.410. The van der Waals surface area contributed by atoms with E-state index in [4.69, 9.17) is 5.11 Å². The maximum atomic E-state index is 11.1. The summed E-state index contributed by atoms with van der Waals surface area (Å²) < 4.78 is 0. The van der Waals surface area contributed by atoms with E-state index in [2.05, 4.69) is 0 Å². The van der Waals surface area contributed by atoms with Gasteiger partial charge in [-0.3, -0.25) is 4.79 Å². The molecule has 0 bridgehead atoms. The number of hydrogen-bond donors (Lipinski definition) is 2. The topological polar surface area (TPSA) is 57.5 Å². The highest BCUT2D eigenvalue weighted by molar-refractivity contribution is 5.80. The zero-order chi connectivity index (χ0) is 9.72. The summed E-state index contributed by atoms with van der Waals surface area (Å²) in [6, 6.07) is 0. The molecular weight excluding hydrogens is 156 g/mol. The van der Waals surface area contributed by atoms with Crippen LogP contribution in [0, 0.1) is 11.8 Å². The summed E-state index contributed by atoms with van der Waals surface area (Å²) in [7, 11) is 0. The lowest BCUT2D eigenvalue weighted by Crippen LogP contribution is -2.32. The number of aliphatic hydroxyl groups is 2. The molecular formula is C9H18O3. The van der Waals surface area contributed by atoms with Crippen molar-refractivity contribution in [2.45, 2.75) is 33.3 Å². The van der Waals surface area contributed by atoms with Crippen LogP contribution >= 0.6 is 0 Å². The lowest BCUT2D eigenvalue weighted by Gasteiger charge is -2.21. The first-order valence-electron chi connectivity index (χ1n) is 4.36. The zero-order valence-corrected chi connectivity index (χ0v) is 7.95. The summed E-state index contributed by atoms with van der Waals surface area (Å²) in [5, 5.41) is 18.2. The van der Waals surface area contributed by atoms with Crippen molar-refractivity contribution in [2.24, 2.45) is 11.8 Å². The normalized spacial score (nSPS) is 18.4. The summed E-state index contributed by atoms with van der Waals surface area (Å²) >= 11 is 0. The Bertz CT molecular complexity index is 145. The van der Waals surface area contributed by atoms with Gasteiger partial charge in [-0.15, -0.1) is 0 Å². The van der Waals surface area contributed by atoms with Crippen LogP contribution in [0.3, 0.4) is 0 Å². The Morgan fingerprint density at radius 2 is 1.92 bits per heavy atom. The lowest BCUT2D eigenvalue weighted by atomic mass is 9.90. The Kier molecular flexibility index (Phi) is 5.09. The molecule has 2 N–H and O–H groups in total. The van der Waals surface area contributed by atoms with Gasteiger partial charge in [-0.25, -0.2) is 0 Å². The standard InChI is InChI=1S/C9H18O3/c1-4-8(11)7(3)9(12)6(2)5-10/h6-7,9-10,12H,4-5H2,1-3H3/t6?,7-,9-/m1/s1. The van der Waals surface area contributed by atoms with Gasteiger partial charge in [-0.05, 0) is 0 Å². The quantitative estimate of drug-likeness (QED) is 0.641. The van der Waals surface area contributed by atoms with Crippen LogP contribution in [0.25, 0.3) is 0 Å². The third-order valence-corrected chi connectivity index (χ3v) is 2.24. The van der Waals surface area contributed by atoms with Crippen LogP contribution in [0.15, 0.2) is 0 Å². The van der Waals surface area contributed by atoms with Crippen LogP contribution in [-0.2, 0) is 4.79 Å². The number of carbonyl (C=O) groups excluding carboxylic acids is 1. The van der Waals surface area contributed by atoms with Gasteiger partial charge < -0.3 is 10.2 Å². The number of carbonyl (C=O) groups is 1. The summed E-state index contributed by atoms with van der Waals surface area (Å²) in [4.78, 5) is 11.1. The smallest absolute Gasteiger partial charge is 0.138 e. The first kappa shape index (κ1) is 11.6. The van der Waals surface area contributed by atoms with Gasteiger partial charge in [-0.2, -0.15) is 0 Å². The van der Waals surface area contributed by atoms with Gasteiger partial charge in [0.15, 0.2) is 0 Å². The molecule has 0 aliphatic rings. The van der Waals surface area contributed by atoms with Crippen LogP contribution in [-0.4, -0.2) is 28.7 Å². The van der Waals surface area contributed by atoms with Crippen molar-refractivity contribution in [3.8, 4) is 0 Å². The lowest BCUT2D eigenvalue weighted by molar-refractivity contribution is -0.126. The molecule has 1 unspecified atom stereocenters. The highest BCUT2D eigenvalue weighted by atomic mass is 16.3. The molecule has 3 atom stereocenters. The molecule has 0 aromatic carbocycles. The van der Waals surface area contributed by atoms with E-state index >= 15 is 0 Å². The second-order valence-corrected chi connectivity index (χ2v) is 3.26. The Morgan fingerprint density at radius 1 is 1.42 bits per heavy atom.